The van der Waals surface area contributed by atoms with E-state index in [-0.39, 0.29) is 23.1 Å². The molecule has 0 N–H and O–H groups in total. The van der Waals surface area contributed by atoms with E-state index >= 15 is 0 Å². The molecule has 1 aromatic carbocycles. The lowest BCUT2D eigenvalue weighted by atomic mass is 10.2. The van der Waals surface area contributed by atoms with Crippen LogP contribution in [0, 0.1) is 5.82 Å². The van der Waals surface area contributed by atoms with Gasteiger partial charge < -0.3 is 9.64 Å². The van der Waals surface area contributed by atoms with Crippen molar-refractivity contribution in [2.24, 2.45) is 0 Å². The van der Waals surface area contributed by atoms with Crippen LogP contribution in [0.5, 0.6) is 0 Å². The Morgan fingerprint density at radius 3 is 3.00 bits per heavy atom. The molecule has 1 aromatic heterocycles. The number of rotatable bonds is 3. The second-order valence-electron chi connectivity index (χ2n) is 5.37. The molecule has 1 saturated heterocycles. The first kappa shape index (κ1) is 14.2. The molecule has 2 aromatic rings. The maximum atomic E-state index is 13.9. The SMILES string of the molecule is CCO[C@H]1CN(C)C[C@@H]1n1cnc2cccc(F)c2c1=O. The Morgan fingerprint density at radius 1 is 1.43 bits per heavy atom. The van der Waals surface area contributed by atoms with E-state index in [9.17, 15) is 9.18 Å². The van der Waals surface area contributed by atoms with Crippen molar-refractivity contribution in [3.63, 3.8) is 0 Å². The second kappa shape index (κ2) is 5.54. The van der Waals surface area contributed by atoms with Crippen molar-refractivity contribution in [1.82, 2.24) is 14.5 Å². The van der Waals surface area contributed by atoms with Gasteiger partial charge in [0.1, 0.15) is 11.2 Å². The molecule has 0 unspecified atom stereocenters. The number of hydrogen-bond donors (Lipinski definition) is 0. The number of nitrogens with zero attached hydrogens (tertiary/aromatic N) is 3. The summed E-state index contributed by atoms with van der Waals surface area (Å²) in [5, 5.41) is 0.0461. The van der Waals surface area contributed by atoms with Crippen molar-refractivity contribution in [3.05, 3.63) is 40.7 Å². The van der Waals surface area contributed by atoms with Crippen LogP contribution in [0.1, 0.15) is 13.0 Å². The quantitative estimate of drug-likeness (QED) is 0.858. The van der Waals surface area contributed by atoms with E-state index in [1.165, 1.54) is 17.0 Å². The van der Waals surface area contributed by atoms with Gasteiger partial charge in [0, 0.05) is 19.7 Å². The number of halogens is 1. The average molecular weight is 291 g/mol. The molecule has 0 aliphatic carbocycles. The summed E-state index contributed by atoms with van der Waals surface area (Å²) in [7, 11) is 1.98. The fourth-order valence-corrected chi connectivity index (χ4v) is 2.96. The minimum atomic E-state index is -0.529. The topological polar surface area (TPSA) is 47.4 Å². The van der Waals surface area contributed by atoms with Crippen molar-refractivity contribution in [1.29, 1.82) is 0 Å². The lowest BCUT2D eigenvalue weighted by molar-refractivity contribution is 0.0459. The zero-order valence-corrected chi connectivity index (χ0v) is 12.1. The van der Waals surface area contributed by atoms with Gasteiger partial charge >= 0.3 is 0 Å². The van der Waals surface area contributed by atoms with Gasteiger partial charge in [0.15, 0.2) is 0 Å². The van der Waals surface area contributed by atoms with Crippen LogP contribution >= 0.6 is 0 Å². The van der Waals surface area contributed by atoms with Gasteiger partial charge in [0.2, 0.25) is 0 Å². The van der Waals surface area contributed by atoms with E-state index in [0.29, 0.717) is 18.7 Å². The van der Waals surface area contributed by atoms with Crippen molar-refractivity contribution in [2.45, 2.75) is 19.1 Å². The van der Waals surface area contributed by atoms with Crippen LogP contribution in [0.25, 0.3) is 10.9 Å². The van der Waals surface area contributed by atoms with E-state index in [1.807, 2.05) is 14.0 Å². The van der Waals surface area contributed by atoms with E-state index in [2.05, 4.69) is 9.88 Å². The molecule has 1 aliphatic rings. The Morgan fingerprint density at radius 2 is 2.24 bits per heavy atom. The van der Waals surface area contributed by atoms with E-state index in [0.717, 1.165) is 6.54 Å². The monoisotopic (exact) mass is 291 g/mol. The molecule has 6 heteroatoms. The summed E-state index contributed by atoms with van der Waals surface area (Å²) >= 11 is 0. The summed E-state index contributed by atoms with van der Waals surface area (Å²) < 4.78 is 21.2. The minimum Gasteiger partial charge on any atom is -0.375 e. The smallest absolute Gasteiger partial charge is 0.264 e. The first-order valence-electron chi connectivity index (χ1n) is 7.07. The summed E-state index contributed by atoms with van der Waals surface area (Å²) in [5.74, 6) is -0.529. The van der Waals surface area contributed by atoms with Gasteiger partial charge in [0.25, 0.3) is 5.56 Å². The summed E-state index contributed by atoms with van der Waals surface area (Å²) in [5.41, 5.74) is 0.0404. The summed E-state index contributed by atoms with van der Waals surface area (Å²) in [6, 6.07) is 4.35. The fraction of sp³-hybridized carbons (Fsp3) is 0.467. The second-order valence-corrected chi connectivity index (χ2v) is 5.37. The number of likely N-dealkylation sites (tertiary alicyclic amines) is 1. The van der Waals surface area contributed by atoms with Gasteiger partial charge in [-0.05, 0) is 26.1 Å². The van der Waals surface area contributed by atoms with Gasteiger partial charge in [0.05, 0.1) is 24.0 Å². The van der Waals surface area contributed by atoms with E-state index in [1.54, 1.807) is 12.1 Å². The Balaban J connectivity index is 2.10. The normalized spacial score (nSPS) is 23.0. The molecule has 0 saturated carbocycles. The first-order chi connectivity index (χ1) is 10.1. The number of likely N-dealkylation sites (N-methyl/N-ethyl adjacent to an activating group) is 1. The van der Waals surface area contributed by atoms with Crippen LogP contribution in [0.4, 0.5) is 4.39 Å². The molecule has 112 valence electrons. The van der Waals surface area contributed by atoms with Crippen LogP contribution in [0.2, 0.25) is 0 Å². The average Bonchev–Trinajstić information content (AvgIpc) is 2.80. The fourth-order valence-electron chi connectivity index (χ4n) is 2.96. The molecule has 3 rings (SSSR count). The molecular formula is C15H18FN3O2. The highest BCUT2D eigenvalue weighted by Crippen LogP contribution is 2.23. The lowest BCUT2D eigenvalue weighted by Gasteiger charge is -2.20. The lowest BCUT2D eigenvalue weighted by Crippen LogP contribution is -2.33. The number of benzene rings is 1. The van der Waals surface area contributed by atoms with Crippen molar-refractivity contribution in [2.75, 3.05) is 26.7 Å². The maximum Gasteiger partial charge on any atom is 0.264 e. The summed E-state index contributed by atoms with van der Waals surface area (Å²) in [6.07, 6.45) is 1.42. The van der Waals surface area contributed by atoms with Gasteiger partial charge in [-0.2, -0.15) is 0 Å². The third-order valence-corrected chi connectivity index (χ3v) is 3.92. The number of ether oxygens (including phenoxy) is 1. The predicted octanol–water partition coefficient (Wildman–Crippen LogP) is 1.43. The van der Waals surface area contributed by atoms with Gasteiger partial charge in [-0.15, -0.1) is 0 Å². The van der Waals surface area contributed by atoms with Crippen molar-refractivity contribution < 1.29 is 9.13 Å². The molecular weight excluding hydrogens is 273 g/mol. The molecule has 0 bridgehead atoms. The van der Waals surface area contributed by atoms with Crippen LogP contribution in [-0.2, 0) is 4.74 Å². The van der Waals surface area contributed by atoms with Crippen molar-refractivity contribution in [3.8, 4) is 0 Å². The zero-order chi connectivity index (χ0) is 15.0. The zero-order valence-electron chi connectivity index (χ0n) is 12.1. The first-order valence-corrected chi connectivity index (χ1v) is 7.07. The Labute approximate surface area is 122 Å². The molecule has 0 radical (unpaired) electrons. The van der Waals surface area contributed by atoms with Crippen LogP contribution in [-0.4, -0.2) is 47.3 Å². The molecule has 21 heavy (non-hydrogen) atoms. The number of aromatic nitrogens is 2. The summed E-state index contributed by atoms with van der Waals surface area (Å²) in [4.78, 5) is 18.9. The van der Waals surface area contributed by atoms with Crippen molar-refractivity contribution >= 4 is 10.9 Å². The van der Waals surface area contributed by atoms with Crippen LogP contribution in [0.15, 0.2) is 29.3 Å². The largest absolute Gasteiger partial charge is 0.375 e. The Bertz CT molecular complexity index is 716. The van der Waals surface area contributed by atoms with Gasteiger partial charge in [-0.3, -0.25) is 9.36 Å². The number of hydrogen-bond acceptors (Lipinski definition) is 4. The Kier molecular flexibility index (Phi) is 3.73. The number of fused-ring (bicyclic) bond motifs is 1. The van der Waals surface area contributed by atoms with Crippen LogP contribution in [0.3, 0.4) is 0 Å². The highest BCUT2D eigenvalue weighted by molar-refractivity contribution is 5.77. The molecule has 0 amide bonds. The molecule has 2 heterocycles. The van der Waals surface area contributed by atoms with E-state index < -0.39 is 5.82 Å². The predicted molar refractivity (Wildman–Crippen MR) is 77.9 cm³/mol. The standard InChI is InChI=1S/C15H18FN3O2/c1-3-21-13-8-18(2)7-12(13)19-9-17-11-6-4-5-10(16)14(11)15(19)20/h4-6,9,12-13H,3,7-8H2,1-2H3/t12-,13-/m0/s1. The van der Waals surface area contributed by atoms with Gasteiger partial charge in [-0.1, -0.05) is 6.07 Å². The van der Waals surface area contributed by atoms with Gasteiger partial charge in [-0.25, -0.2) is 9.37 Å². The highest BCUT2D eigenvalue weighted by atomic mass is 19.1. The molecule has 5 nitrogen and oxygen atoms in total. The minimum absolute atomic E-state index is 0.0461. The molecule has 1 aliphatic heterocycles. The third kappa shape index (κ3) is 2.45. The molecule has 0 spiro atoms. The molecule has 2 atom stereocenters. The molecule has 1 fully saturated rings. The summed E-state index contributed by atoms with van der Waals surface area (Å²) in [6.45, 7) is 3.95. The third-order valence-electron chi connectivity index (χ3n) is 3.92. The Hall–Kier alpha value is -1.79. The maximum absolute atomic E-state index is 13.9. The highest BCUT2D eigenvalue weighted by Gasteiger charge is 2.33. The van der Waals surface area contributed by atoms with E-state index in [4.69, 9.17) is 4.74 Å². The van der Waals surface area contributed by atoms with Crippen LogP contribution < -0.4 is 5.56 Å².